The van der Waals surface area contributed by atoms with Crippen molar-refractivity contribution < 1.29 is 19.8 Å². The number of rotatable bonds is 3. The van der Waals surface area contributed by atoms with Gasteiger partial charge < -0.3 is 15.1 Å². The number of ketones is 1. The largest absolute Gasteiger partial charge is 0.508 e. The summed E-state index contributed by atoms with van der Waals surface area (Å²) in [6.07, 6.45) is 4.83. The smallest absolute Gasteiger partial charge is 0.295 e. The lowest BCUT2D eigenvalue weighted by Gasteiger charge is -2.35. The molecule has 2 fully saturated rings. The minimum absolute atomic E-state index is 0.0485. The van der Waals surface area contributed by atoms with Crippen LogP contribution in [-0.4, -0.2) is 32.8 Å². The van der Waals surface area contributed by atoms with Crippen LogP contribution in [0.1, 0.15) is 60.4 Å². The molecule has 0 bridgehead atoms. The molecule has 1 aliphatic carbocycles. The molecule has 1 unspecified atom stereocenters. The quantitative estimate of drug-likeness (QED) is 0.438. The van der Waals surface area contributed by atoms with Crippen molar-refractivity contribution in [2.75, 3.05) is 0 Å². The van der Waals surface area contributed by atoms with E-state index >= 15 is 0 Å². The monoisotopic (exact) mass is 405 g/mol. The Morgan fingerprint density at radius 1 is 0.967 bits per heavy atom. The van der Waals surface area contributed by atoms with Gasteiger partial charge in [-0.15, -0.1) is 0 Å². The van der Waals surface area contributed by atoms with E-state index in [0.717, 1.165) is 43.2 Å². The highest BCUT2D eigenvalue weighted by molar-refractivity contribution is 6.46. The van der Waals surface area contributed by atoms with E-state index in [1.165, 1.54) is 0 Å². The first-order valence-electron chi connectivity index (χ1n) is 10.5. The van der Waals surface area contributed by atoms with Crippen LogP contribution >= 0.6 is 0 Å². The normalized spacial score (nSPS) is 21.9. The first-order chi connectivity index (χ1) is 14.4. The Labute approximate surface area is 176 Å². The van der Waals surface area contributed by atoms with Gasteiger partial charge in [-0.2, -0.15) is 0 Å². The van der Waals surface area contributed by atoms with E-state index in [1.54, 1.807) is 35.2 Å². The third-order valence-corrected chi connectivity index (χ3v) is 6.41. The SMILES string of the molecule is Cc1ccc(/C(O)=C2/C(=O)C(=O)N(C3CCCCC3)C2c2cccc(O)c2)cc1C. The summed E-state index contributed by atoms with van der Waals surface area (Å²) in [4.78, 5) is 27.9. The third-order valence-electron chi connectivity index (χ3n) is 6.41. The molecule has 1 aliphatic heterocycles. The number of carbonyl (C=O) groups excluding carboxylic acids is 2. The summed E-state index contributed by atoms with van der Waals surface area (Å²) < 4.78 is 0. The van der Waals surface area contributed by atoms with E-state index in [-0.39, 0.29) is 23.1 Å². The molecule has 5 nitrogen and oxygen atoms in total. The molecular formula is C25H27NO4. The molecule has 1 heterocycles. The Morgan fingerprint density at radius 3 is 2.37 bits per heavy atom. The molecule has 1 saturated heterocycles. The van der Waals surface area contributed by atoms with Crippen LogP contribution in [0.2, 0.25) is 0 Å². The number of nitrogens with zero attached hydrogens (tertiary/aromatic N) is 1. The molecule has 156 valence electrons. The number of likely N-dealkylation sites (tertiary alicyclic amines) is 1. The van der Waals surface area contributed by atoms with Gasteiger partial charge in [0, 0.05) is 11.6 Å². The van der Waals surface area contributed by atoms with Crippen LogP contribution in [0.3, 0.4) is 0 Å². The Bertz CT molecular complexity index is 1030. The van der Waals surface area contributed by atoms with Crippen molar-refractivity contribution in [2.45, 2.75) is 58.0 Å². The molecule has 0 radical (unpaired) electrons. The van der Waals surface area contributed by atoms with Crippen molar-refractivity contribution in [3.8, 4) is 5.75 Å². The molecule has 2 aliphatic rings. The predicted octanol–water partition coefficient (Wildman–Crippen LogP) is 4.76. The fourth-order valence-corrected chi connectivity index (χ4v) is 4.65. The van der Waals surface area contributed by atoms with Crippen molar-refractivity contribution in [3.05, 3.63) is 70.3 Å². The van der Waals surface area contributed by atoms with Crippen LogP contribution < -0.4 is 0 Å². The maximum Gasteiger partial charge on any atom is 0.295 e. The molecule has 2 aromatic carbocycles. The molecule has 2 aromatic rings. The number of aliphatic hydroxyl groups is 1. The zero-order valence-electron chi connectivity index (χ0n) is 17.4. The molecule has 5 heteroatoms. The number of Topliss-reactive ketones (excluding diaryl/α,β-unsaturated/α-hetero) is 1. The molecule has 30 heavy (non-hydrogen) atoms. The summed E-state index contributed by atoms with van der Waals surface area (Å²) in [7, 11) is 0. The number of phenolic OH excluding ortho intramolecular Hbond substituents is 1. The van der Waals surface area contributed by atoms with Crippen LogP contribution in [0.4, 0.5) is 0 Å². The highest BCUT2D eigenvalue weighted by Crippen LogP contribution is 2.43. The summed E-state index contributed by atoms with van der Waals surface area (Å²) >= 11 is 0. The van der Waals surface area contributed by atoms with Crippen LogP contribution in [0, 0.1) is 13.8 Å². The summed E-state index contributed by atoms with van der Waals surface area (Å²) in [5, 5.41) is 21.2. The molecule has 2 N–H and O–H groups in total. The van der Waals surface area contributed by atoms with Gasteiger partial charge in [-0.25, -0.2) is 0 Å². The average molecular weight is 405 g/mol. The number of aromatic hydroxyl groups is 1. The van der Waals surface area contributed by atoms with Gasteiger partial charge in [-0.05, 0) is 61.6 Å². The van der Waals surface area contributed by atoms with Gasteiger partial charge >= 0.3 is 0 Å². The molecule has 1 atom stereocenters. The van der Waals surface area contributed by atoms with E-state index in [0.29, 0.717) is 11.1 Å². The third kappa shape index (κ3) is 3.49. The summed E-state index contributed by atoms with van der Waals surface area (Å²) in [6, 6.07) is 11.4. The van der Waals surface area contributed by atoms with Crippen molar-refractivity contribution >= 4 is 17.4 Å². The summed E-state index contributed by atoms with van der Waals surface area (Å²) in [6.45, 7) is 3.92. The fourth-order valence-electron chi connectivity index (χ4n) is 4.65. The van der Waals surface area contributed by atoms with Gasteiger partial charge in [0.2, 0.25) is 0 Å². The Morgan fingerprint density at radius 2 is 1.70 bits per heavy atom. The maximum atomic E-state index is 13.1. The van der Waals surface area contributed by atoms with E-state index in [2.05, 4.69) is 0 Å². The van der Waals surface area contributed by atoms with Crippen molar-refractivity contribution in [3.63, 3.8) is 0 Å². The Hall–Kier alpha value is -3.08. The minimum atomic E-state index is -0.707. The van der Waals surface area contributed by atoms with Gasteiger partial charge in [0.1, 0.15) is 11.5 Å². The first-order valence-corrected chi connectivity index (χ1v) is 10.5. The zero-order chi connectivity index (χ0) is 21.4. The lowest BCUT2D eigenvalue weighted by Crippen LogP contribution is -2.40. The summed E-state index contributed by atoms with van der Waals surface area (Å²) in [5.74, 6) is -1.33. The van der Waals surface area contributed by atoms with Crippen LogP contribution in [0.5, 0.6) is 5.75 Å². The average Bonchev–Trinajstić information content (AvgIpc) is 3.01. The molecule has 0 spiro atoms. The van der Waals surface area contributed by atoms with E-state index < -0.39 is 17.7 Å². The predicted molar refractivity (Wildman–Crippen MR) is 115 cm³/mol. The molecular weight excluding hydrogens is 378 g/mol. The molecule has 1 amide bonds. The highest BCUT2D eigenvalue weighted by atomic mass is 16.3. The van der Waals surface area contributed by atoms with Gasteiger partial charge in [0.05, 0.1) is 11.6 Å². The number of hydrogen-bond donors (Lipinski definition) is 2. The van der Waals surface area contributed by atoms with E-state index in [4.69, 9.17) is 0 Å². The maximum absolute atomic E-state index is 13.1. The zero-order valence-corrected chi connectivity index (χ0v) is 17.4. The van der Waals surface area contributed by atoms with Crippen LogP contribution in [-0.2, 0) is 9.59 Å². The second-order valence-corrected chi connectivity index (χ2v) is 8.39. The topological polar surface area (TPSA) is 77.8 Å². The number of hydrogen-bond acceptors (Lipinski definition) is 4. The second kappa shape index (κ2) is 7.98. The number of aryl methyl sites for hydroxylation is 2. The highest BCUT2D eigenvalue weighted by Gasteiger charge is 2.48. The Balaban J connectivity index is 1.89. The van der Waals surface area contributed by atoms with Crippen molar-refractivity contribution in [2.24, 2.45) is 0 Å². The lowest BCUT2D eigenvalue weighted by molar-refractivity contribution is -0.141. The number of benzene rings is 2. The lowest BCUT2D eigenvalue weighted by atomic mass is 9.90. The van der Waals surface area contributed by atoms with E-state index in [9.17, 15) is 19.8 Å². The first kappa shape index (κ1) is 20.2. The number of aliphatic hydroxyl groups excluding tert-OH is 1. The van der Waals surface area contributed by atoms with Crippen LogP contribution in [0.15, 0.2) is 48.0 Å². The van der Waals surface area contributed by atoms with Crippen molar-refractivity contribution in [1.29, 1.82) is 0 Å². The molecule has 0 aromatic heterocycles. The number of phenols is 1. The van der Waals surface area contributed by atoms with Gasteiger partial charge in [0.15, 0.2) is 0 Å². The van der Waals surface area contributed by atoms with Gasteiger partial charge in [-0.1, -0.05) is 43.5 Å². The standard InChI is InChI=1S/C25H27NO4/c1-15-11-12-18(13-16(15)2)23(28)21-22(17-7-6-10-20(27)14-17)26(25(30)24(21)29)19-8-4-3-5-9-19/h6-7,10-14,19,22,27-28H,3-5,8-9H2,1-2H3/b23-21-. The fraction of sp³-hybridized carbons (Fsp3) is 0.360. The van der Waals surface area contributed by atoms with Crippen molar-refractivity contribution in [1.82, 2.24) is 4.90 Å². The number of amides is 1. The van der Waals surface area contributed by atoms with Gasteiger partial charge in [-0.3, -0.25) is 9.59 Å². The Kier molecular flexibility index (Phi) is 5.37. The van der Waals surface area contributed by atoms with Crippen LogP contribution in [0.25, 0.3) is 5.76 Å². The second-order valence-electron chi connectivity index (χ2n) is 8.39. The molecule has 4 rings (SSSR count). The number of carbonyl (C=O) groups is 2. The van der Waals surface area contributed by atoms with Gasteiger partial charge in [0.25, 0.3) is 11.7 Å². The molecule has 1 saturated carbocycles. The summed E-state index contributed by atoms with van der Waals surface area (Å²) in [5.41, 5.74) is 3.32. The van der Waals surface area contributed by atoms with E-state index in [1.807, 2.05) is 26.0 Å². The minimum Gasteiger partial charge on any atom is -0.508 e.